The van der Waals surface area contributed by atoms with Crippen molar-refractivity contribution in [1.29, 1.82) is 0 Å². The molecule has 0 radical (unpaired) electrons. The van der Waals surface area contributed by atoms with E-state index in [1.54, 1.807) is 0 Å². The molecule has 26 heavy (non-hydrogen) atoms. The van der Waals surface area contributed by atoms with Crippen LogP contribution in [0.15, 0.2) is 0 Å². The molecular weight excluding hydrogens is 336 g/mol. The average molecular weight is 373 g/mol. The van der Waals surface area contributed by atoms with Crippen LogP contribution in [0.1, 0.15) is 32.6 Å². The third kappa shape index (κ3) is 12.8. The number of nitrogens with one attached hydrogen (secondary N) is 2. The van der Waals surface area contributed by atoms with E-state index in [0.717, 1.165) is 0 Å². The Morgan fingerprint density at radius 2 is 1.27 bits per heavy atom. The Morgan fingerprint density at radius 1 is 0.808 bits per heavy atom. The third-order valence-electron chi connectivity index (χ3n) is 4.07. The Kier molecular flexibility index (Phi) is 14.8. The molecule has 0 aromatic heterocycles. The summed E-state index contributed by atoms with van der Waals surface area (Å²) in [6.45, 7) is 5.51. The van der Waals surface area contributed by atoms with Gasteiger partial charge in [-0.15, -0.1) is 0 Å². The second-order valence-corrected chi connectivity index (χ2v) is 6.31. The Balaban J connectivity index is 4.44. The second-order valence-electron chi connectivity index (χ2n) is 6.31. The van der Waals surface area contributed by atoms with Gasteiger partial charge in [0.1, 0.15) is 5.78 Å². The van der Waals surface area contributed by atoms with Crippen LogP contribution < -0.4 is 27.8 Å². The molecule has 0 fully saturated rings. The highest BCUT2D eigenvalue weighted by molar-refractivity contribution is 5.81. The first-order chi connectivity index (χ1) is 12.4. The maximum atomic E-state index is 12.1. The fourth-order valence-electron chi connectivity index (χ4n) is 2.38. The summed E-state index contributed by atoms with van der Waals surface area (Å²) >= 11 is 0. The van der Waals surface area contributed by atoms with E-state index in [-0.39, 0.29) is 23.5 Å². The molecule has 0 aromatic rings. The van der Waals surface area contributed by atoms with Crippen LogP contribution in [0.5, 0.6) is 0 Å². The van der Waals surface area contributed by atoms with Crippen molar-refractivity contribution in [1.82, 2.24) is 15.5 Å². The van der Waals surface area contributed by atoms with Gasteiger partial charge in [-0.3, -0.25) is 14.4 Å². The third-order valence-corrected chi connectivity index (χ3v) is 4.07. The molecule has 1 atom stereocenters. The van der Waals surface area contributed by atoms with Gasteiger partial charge >= 0.3 is 0 Å². The van der Waals surface area contributed by atoms with E-state index in [9.17, 15) is 14.4 Å². The molecule has 9 heteroatoms. The van der Waals surface area contributed by atoms with Crippen LogP contribution in [0, 0.1) is 5.92 Å². The van der Waals surface area contributed by atoms with E-state index < -0.39 is 0 Å². The van der Waals surface area contributed by atoms with E-state index in [0.29, 0.717) is 78.0 Å². The number of hydrogen-bond acceptors (Lipinski definition) is 7. The van der Waals surface area contributed by atoms with Crippen LogP contribution in [0.25, 0.3) is 0 Å². The van der Waals surface area contributed by atoms with Crippen LogP contribution in [-0.4, -0.2) is 74.9 Å². The fourth-order valence-corrected chi connectivity index (χ4v) is 2.38. The van der Waals surface area contributed by atoms with Gasteiger partial charge in [-0.2, -0.15) is 0 Å². The van der Waals surface area contributed by atoms with Crippen LogP contribution in [0.4, 0.5) is 0 Å². The first kappa shape index (κ1) is 24.5. The van der Waals surface area contributed by atoms with Crippen molar-refractivity contribution in [2.75, 3.05) is 52.4 Å². The van der Waals surface area contributed by atoms with E-state index >= 15 is 0 Å². The minimum atomic E-state index is -0.0872. The first-order valence-corrected chi connectivity index (χ1v) is 9.33. The highest BCUT2D eigenvalue weighted by Gasteiger charge is 2.15. The molecule has 9 nitrogen and oxygen atoms in total. The van der Waals surface area contributed by atoms with Crippen molar-refractivity contribution in [2.45, 2.75) is 32.6 Å². The molecular formula is C17H36N6O3. The van der Waals surface area contributed by atoms with Crippen molar-refractivity contribution in [2.24, 2.45) is 23.1 Å². The lowest BCUT2D eigenvalue weighted by molar-refractivity contribution is -0.122. The predicted molar refractivity (Wildman–Crippen MR) is 102 cm³/mol. The Morgan fingerprint density at radius 3 is 1.69 bits per heavy atom. The quantitative estimate of drug-likeness (QED) is 0.213. The summed E-state index contributed by atoms with van der Waals surface area (Å²) in [5, 5.41) is 5.43. The molecule has 0 spiro atoms. The maximum absolute atomic E-state index is 12.1. The lowest BCUT2D eigenvalue weighted by Crippen LogP contribution is -2.37. The van der Waals surface area contributed by atoms with Gasteiger partial charge in [-0.1, -0.05) is 6.92 Å². The Hall–Kier alpha value is -1.55. The highest BCUT2D eigenvalue weighted by Crippen LogP contribution is 2.07. The van der Waals surface area contributed by atoms with E-state index in [1.165, 1.54) is 0 Å². The van der Waals surface area contributed by atoms with Gasteiger partial charge < -0.3 is 32.7 Å². The van der Waals surface area contributed by atoms with Crippen molar-refractivity contribution >= 4 is 17.6 Å². The zero-order valence-electron chi connectivity index (χ0n) is 16.0. The van der Waals surface area contributed by atoms with Crippen LogP contribution in [0.3, 0.4) is 0 Å². The minimum absolute atomic E-state index is 0.0671. The van der Waals surface area contributed by atoms with Crippen molar-refractivity contribution < 1.29 is 14.4 Å². The van der Waals surface area contributed by atoms with E-state index in [2.05, 4.69) is 10.6 Å². The number of ketones is 1. The second kappa shape index (κ2) is 15.7. The SMILES string of the molecule is CC(CCN)C(=O)CCN(CCC(=O)NCCN)CCC(=O)NCCN. The van der Waals surface area contributed by atoms with Gasteiger partial charge in [-0.25, -0.2) is 0 Å². The number of hydrogen-bond donors (Lipinski definition) is 5. The molecule has 2 amide bonds. The number of nitrogens with zero attached hydrogens (tertiary/aromatic N) is 1. The van der Waals surface area contributed by atoms with Crippen LogP contribution in [0.2, 0.25) is 0 Å². The number of amides is 2. The van der Waals surface area contributed by atoms with Gasteiger partial charge in [0.2, 0.25) is 11.8 Å². The van der Waals surface area contributed by atoms with Crippen molar-refractivity contribution in [3.05, 3.63) is 0 Å². The molecule has 0 heterocycles. The fraction of sp³-hybridized carbons (Fsp3) is 0.824. The molecule has 0 bridgehead atoms. The monoisotopic (exact) mass is 372 g/mol. The first-order valence-electron chi connectivity index (χ1n) is 9.33. The smallest absolute Gasteiger partial charge is 0.221 e. The minimum Gasteiger partial charge on any atom is -0.355 e. The summed E-state index contributed by atoms with van der Waals surface area (Å²) in [5.41, 5.74) is 16.2. The lowest BCUT2D eigenvalue weighted by Gasteiger charge is -2.22. The molecule has 0 aliphatic heterocycles. The van der Waals surface area contributed by atoms with Gasteiger partial charge in [0.25, 0.3) is 0 Å². The molecule has 0 aliphatic rings. The van der Waals surface area contributed by atoms with Gasteiger partial charge in [0.05, 0.1) is 0 Å². The highest BCUT2D eigenvalue weighted by atomic mass is 16.2. The van der Waals surface area contributed by atoms with Crippen LogP contribution >= 0.6 is 0 Å². The molecule has 0 aliphatic carbocycles. The zero-order chi connectivity index (χ0) is 19.8. The molecule has 1 unspecified atom stereocenters. The van der Waals surface area contributed by atoms with Crippen molar-refractivity contribution in [3.63, 3.8) is 0 Å². The summed E-state index contributed by atoms with van der Waals surface area (Å²) in [6, 6.07) is 0. The largest absolute Gasteiger partial charge is 0.355 e. The molecule has 0 saturated carbocycles. The standard InChI is InChI=1S/C17H36N6O3/c1-14(2-6-18)15(24)3-11-23(12-4-16(25)21-9-7-19)13-5-17(26)22-10-8-20/h14H,2-13,18-20H2,1H3,(H,21,25)(H,22,26). The van der Waals surface area contributed by atoms with Crippen LogP contribution in [-0.2, 0) is 14.4 Å². The summed E-state index contributed by atoms with van der Waals surface area (Å²) in [5.74, 6) is -0.0881. The topological polar surface area (TPSA) is 157 Å². The van der Waals surface area contributed by atoms with Gasteiger partial charge in [-0.05, 0) is 13.0 Å². The van der Waals surface area contributed by atoms with E-state index in [1.807, 2.05) is 11.8 Å². The molecule has 0 saturated heterocycles. The molecule has 8 N–H and O–H groups in total. The Labute approximate surface area is 156 Å². The van der Waals surface area contributed by atoms with Gasteiger partial charge in [0, 0.05) is 71.0 Å². The van der Waals surface area contributed by atoms with E-state index in [4.69, 9.17) is 17.2 Å². The molecule has 0 aromatic carbocycles. The molecule has 0 rings (SSSR count). The normalized spacial score (nSPS) is 12.0. The number of rotatable bonds is 16. The summed E-state index contributed by atoms with van der Waals surface area (Å²) in [6.07, 6.45) is 1.66. The maximum Gasteiger partial charge on any atom is 0.221 e. The summed E-state index contributed by atoms with van der Waals surface area (Å²) in [4.78, 5) is 37.6. The summed E-state index contributed by atoms with van der Waals surface area (Å²) in [7, 11) is 0. The summed E-state index contributed by atoms with van der Waals surface area (Å²) < 4.78 is 0. The average Bonchev–Trinajstić information content (AvgIpc) is 2.63. The lowest BCUT2D eigenvalue weighted by atomic mass is 10.00. The molecule has 152 valence electrons. The Bertz CT molecular complexity index is 395. The number of nitrogens with two attached hydrogens (primary N) is 3. The number of carbonyl (C=O) groups is 3. The van der Waals surface area contributed by atoms with Gasteiger partial charge in [0.15, 0.2) is 0 Å². The number of carbonyl (C=O) groups excluding carboxylic acids is 3. The van der Waals surface area contributed by atoms with Crippen molar-refractivity contribution in [3.8, 4) is 0 Å². The zero-order valence-corrected chi connectivity index (χ0v) is 16.0. The number of Topliss-reactive ketones (excluding diaryl/α,β-unsaturated/α-hetero) is 1. The predicted octanol–water partition coefficient (Wildman–Crippen LogP) is -1.84.